The number of nitrogens with zero attached hydrogens (tertiary/aromatic N) is 3. The molecule has 11 heteroatoms. The van der Waals surface area contributed by atoms with Crippen LogP contribution in [0.15, 0.2) is 80.1 Å². The Bertz CT molecular complexity index is 1340. The first-order valence-corrected chi connectivity index (χ1v) is 9.61. The van der Waals surface area contributed by atoms with Gasteiger partial charge in [-0.25, -0.2) is 4.79 Å². The normalized spacial score (nSPS) is 11.4. The predicted molar refractivity (Wildman–Crippen MR) is 122 cm³/mol. The van der Waals surface area contributed by atoms with Crippen LogP contribution in [0.1, 0.15) is 15.9 Å². The highest BCUT2D eigenvalue weighted by Gasteiger charge is 2.16. The van der Waals surface area contributed by atoms with Crippen LogP contribution in [-0.4, -0.2) is 41.0 Å². The maximum absolute atomic E-state index is 12.7. The van der Waals surface area contributed by atoms with Gasteiger partial charge in [0.05, 0.1) is 0 Å². The van der Waals surface area contributed by atoms with Crippen LogP contribution < -0.4 is 21.5 Å². The lowest BCUT2D eigenvalue weighted by atomic mass is 10.1. The number of carbonyl (C=O) groups excluding carboxylic acids is 2. The molecule has 3 aromatic rings. The molecule has 0 radical (unpaired) electrons. The molecule has 0 saturated carbocycles. The summed E-state index contributed by atoms with van der Waals surface area (Å²) in [5.74, 6) is -2.39. The van der Waals surface area contributed by atoms with Crippen molar-refractivity contribution in [3.05, 3.63) is 92.3 Å². The first-order chi connectivity index (χ1) is 15.7. The lowest BCUT2D eigenvalue weighted by Gasteiger charge is -2.12. The standard InChI is InChI=1S/C22H20N6O5/c1-28(2)15-10-8-13(9-11-15)12-16(23-18(29)14-6-4-3-5-7-14)19(30)27-26-17-20(31)24-22(33)25-21(17)32/h3-12H,1-2H3,(H,23,29)(H3,24,25,31,32,33)/b16-12-,27-26?. The fourth-order valence-corrected chi connectivity index (χ4v) is 2.68. The van der Waals surface area contributed by atoms with Crippen LogP contribution in [0.2, 0.25) is 0 Å². The van der Waals surface area contributed by atoms with E-state index in [-0.39, 0.29) is 5.70 Å². The van der Waals surface area contributed by atoms with Crippen molar-refractivity contribution >= 4 is 29.3 Å². The second-order valence-electron chi connectivity index (χ2n) is 6.97. The molecule has 3 rings (SSSR count). The Kier molecular flexibility index (Phi) is 6.94. The van der Waals surface area contributed by atoms with Gasteiger partial charge in [-0.15, -0.1) is 10.2 Å². The smallest absolute Gasteiger partial charge is 0.328 e. The van der Waals surface area contributed by atoms with Crippen molar-refractivity contribution in [2.24, 2.45) is 10.2 Å². The van der Waals surface area contributed by atoms with E-state index in [9.17, 15) is 24.3 Å². The minimum atomic E-state index is -1.04. The van der Waals surface area contributed by atoms with E-state index in [1.807, 2.05) is 41.1 Å². The van der Waals surface area contributed by atoms with E-state index >= 15 is 0 Å². The van der Waals surface area contributed by atoms with E-state index in [2.05, 4.69) is 15.5 Å². The maximum Gasteiger partial charge on any atom is 0.328 e. The van der Waals surface area contributed by atoms with Crippen LogP contribution in [0.25, 0.3) is 6.08 Å². The quantitative estimate of drug-likeness (QED) is 0.333. The van der Waals surface area contributed by atoms with Gasteiger partial charge in [0.2, 0.25) is 11.6 Å². The lowest BCUT2D eigenvalue weighted by molar-refractivity contribution is -0.115. The molecule has 33 heavy (non-hydrogen) atoms. The molecule has 0 bridgehead atoms. The van der Waals surface area contributed by atoms with Gasteiger partial charge in [0.1, 0.15) is 5.70 Å². The van der Waals surface area contributed by atoms with Crippen molar-refractivity contribution < 1.29 is 14.7 Å². The summed E-state index contributed by atoms with van der Waals surface area (Å²) < 4.78 is 0. The highest BCUT2D eigenvalue weighted by atomic mass is 16.3. The number of carbonyl (C=O) groups is 2. The number of amides is 2. The summed E-state index contributed by atoms with van der Waals surface area (Å²) >= 11 is 0. The number of azo groups is 1. The first-order valence-electron chi connectivity index (χ1n) is 9.61. The van der Waals surface area contributed by atoms with Crippen molar-refractivity contribution in [1.82, 2.24) is 15.3 Å². The summed E-state index contributed by atoms with van der Waals surface area (Å²) in [6.07, 6.45) is 1.40. The Morgan fingerprint density at radius 3 is 2.27 bits per heavy atom. The lowest BCUT2D eigenvalue weighted by Crippen LogP contribution is -2.26. The van der Waals surface area contributed by atoms with Gasteiger partial charge in [-0.3, -0.25) is 24.4 Å². The van der Waals surface area contributed by atoms with Crippen molar-refractivity contribution in [2.75, 3.05) is 19.0 Å². The molecule has 0 saturated heterocycles. The molecule has 0 fully saturated rings. The Hall–Kier alpha value is -4.80. The van der Waals surface area contributed by atoms with Gasteiger partial charge in [-0.05, 0) is 35.9 Å². The molecule has 1 aromatic heterocycles. The molecule has 0 spiro atoms. The number of aromatic nitrogens is 2. The maximum atomic E-state index is 12.7. The number of rotatable bonds is 6. The molecule has 2 amide bonds. The van der Waals surface area contributed by atoms with Gasteiger partial charge in [-0.1, -0.05) is 30.3 Å². The highest BCUT2D eigenvalue weighted by molar-refractivity contribution is 6.05. The summed E-state index contributed by atoms with van der Waals surface area (Å²) in [7, 11) is 3.77. The van der Waals surface area contributed by atoms with Gasteiger partial charge >= 0.3 is 11.6 Å². The Morgan fingerprint density at radius 2 is 1.67 bits per heavy atom. The Morgan fingerprint density at radius 1 is 1.00 bits per heavy atom. The van der Waals surface area contributed by atoms with Gasteiger partial charge in [-0.2, -0.15) is 0 Å². The van der Waals surface area contributed by atoms with Crippen LogP contribution in [0.5, 0.6) is 5.88 Å². The topological polar surface area (TPSA) is 160 Å². The zero-order valence-corrected chi connectivity index (χ0v) is 17.7. The van der Waals surface area contributed by atoms with E-state index in [4.69, 9.17) is 0 Å². The molecule has 0 aliphatic carbocycles. The molecule has 4 N–H and O–H groups in total. The number of aromatic amines is 2. The third-order valence-electron chi connectivity index (χ3n) is 4.37. The first kappa shape index (κ1) is 22.9. The summed E-state index contributed by atoms with van der Waals surface area (Å²) in [5.41, 5.74) is -1.02. The van der Waals surface area contributed by atoms with Crippen molar-refractivity contribution in [1.29, 1.82) is 0 Å². The van der Waals surface area contributed by atoms with Crippen LogP contribution in [0.3, 0.4) is 0 Å². The largest absolute Gasteiger partial charge is 0.493 e. The fourth-order valence-electron chi connectivity index (χ4n) is 2.68. The van der Waals surface area contributed by atoms with Crippen LogP contribution >= 0.6 is 0 Å². The minimum absolute atomic E-state index is 0.217. The average molecular weight is 448 g/mol. The number of hydrogen-bond donors (Lipinski definition) is 4. The second kappa shape index (κ2) is 10.0. The number of H-pyrrole nitrogens is 2. The van der Waals surface area contributed by atoms with Gasteiger partial charge in [0.15, 0.2) is 0 Å². The van der Waals surface area contributed by atoms with Crippen LogP contribution in [0, 0.1) is 0 Å². The molecule has 0 atom stereocenters. The molecule has 11 nitrogen and oxygen atoms in total. The number of anilines is 1. The zero-order valence-electron chi connectivity index (χ0n) is 17.7. The molecule has 0 unspecified atom stereocenters. The Balaban J connectivity index is 1.95. The summed E-state index contributed by atoms with van der Waals surface area (Å²) in [5, 5.41) is 19.1. The predicted octanol–water partition coefficient (Wildman–Crippen LogP) is 1.92. The van der Waals surface area contributed by atoms with Crippen LogP contribution in [0.4, 0.5) is 11.4 Å². The molecule has 1 heterocycles. The molecular weight excluding hydrogens is 428 g/mol. The average Bonchev–Trinajstić information content (AvgIpc) is 2.78. The van der Waals surface area contributed by atoms with Crippen molar-refractivity contribution in [2.45, 2.75) is 0 Å². The summed E-state index contributed by atoms with van der Waals surface area (Å²) in [4.78, 5) is 54.0. The van der Waals surface area contributed by atoms with E-state index in [1.54, 1.807) is 42.5 Å². The molecule has 0 aliphatic rings. The minimum Gasteiger partial charge on any atom is -0.493 e. The molecule has 2 aromatic carbocycles. The number of nitrogens with one attached hydrogen (secondary N) is 3. The van der Waals surface area contributed by atoms with Gasteiger partial charge < -0.3 is 15.3 Å². The fraction of sp³-hybridized carbons (Fsp3) is 0.0909. The SMILES string of the molecule is CN(C)c1ccc(/C=C(\NC(=O)c2ccccc2)C(=O)N=Nc2c(O)[nH]c(=O)[nH]c2=O)cc1. The van der Waals surface area contributed by atoms with Crippen molar-refractivity contribution in [3.8, 4) is 5.88 Å². The second-order valence-corrected chi connectivity index (χ2v) is 6.97. The van der Waals surface area contributed by atoms with Gasteiger partial charge in [0.25, 0.3) is 11.5 Å². The van der Waals surface area contributed by atoms with E-state index in [0.717, 1.165) is 5.69 Å². The zero-order chi connectivity index (χ0) is 24.0. The third kappa shape index (κ3) is 5.88. The summed E-state index contributed by atoms with van der Waals surface area (Å²) in [6.45, 7) is 0. The highest BCUT2D eigenvalue weighted by Crippen LogP contribution is 2.18. The third-order valence-corrected chi connectivity index (χ3v) is 4.37. The monoisotopic (exact) mass is 448 g/mol. The van der Waals surface area contributed by atoms with E-state index in [1.165, 1.54) is 6.08 Å². The molecular formula is C22H20N6O5. The van der Waals surface area contributed by atoms with E-state index < -0.39 is 34.6 Å². The van der Waals surface area contributed by atoms with Gasteiger partial charge in [0, 0.05) is 25.3 Å². The van der Waals surface area contributed by atoms with E-state index in [0.29, 0.717) is 11.1 Å². The number of benzene rings is 2. The van der Waals surface area contributed by atoms with Crippen LogP contribution in [-0.2, 0) is 4.79 Å². The molecule has 0 aliphatic heterocycles. The summed E-state index contributed by atoms with van der Waals surface area (Å²) in [6, 6.07) is 15.4. The number of aromatic hydroxyl groups is 1. The van der Waals surface area contributed by atoms with Crippen molar-refractivity contribution in [3.63, 3.8) is 0 Å². The number of hydrogen-bond acceptors (Lipinski definition) is 7. The molecule has 168 valence electrons. The Labute approximate surface area is 187 Å².